The van der Waals surface area contributed by atoms with Crippen LogP contribution in [0.25, 0.3) is 22.3 Å². The first-order chi connectivity index (χ1) is 9.88. The number of nitrogens with zero attached hydrogens (tertiary/aromatic N) is 2. The summed E-state index contributed by atoms with van der Waals surface area (Å²) in [5, 5.41) is 13.0. The zero-order chi connectivity index (χ0) is 13.8. The second-order valence-corrected chi connectivity index (χ2v) is 4.54. The molecule has 0 atom stereocenters. The number of aliphatic hydroxyl groups is 1. The smallest absolute Gasteiger partial charge is 0.141 e. The minimum Gasteiger partial charge on any atom is -0.396 e. The number of fused-ring (bicyclic) bond motifs is 1. The molecule has 0 saturated carbocycles. The highest BCUT2D eigenvalue weighted by atomic mass is 16.3. The molecule has 102 valence electrons. The van der Waals surface area contributed by atoms with Crippen LogP contribution in [0.15, 0.2) is 42.9 Å². The fraction of sp³-hybridized carbons (Fsp3) is 0.200. The largest absolute Gasteiger partial charge is 0.396 e. The third-order valence-electron chi connectivity index (χ3n) is 3.18. The molecule has 3 N–H and O–H groups in total. The van der Waals surface area contributed by atoms with Crippen molar-refractivity contribution in [2.75, 3.05) is 18.5 Å². The summed E-state index contributed by atoms with van der Waals surface area (Å²) in [5.74, 6) is 0. The van der Waals surface area contributed by atoms with Crippen molar-refractivity contribution >= 4 is 16.7 Å². The van der Waals surface area contributed by atoms with Crippen molar-refractivity contribution in [1.82, 2.24) is 15.0 Å². The minimum absolute atomic E-state index is 0.206. The second-order valence-electron chi connectivity index (χ2n) is 4.54. The van der Waals surface area contributed by atoms with E-state index in [2.05, 4.69) is 20.3 Å². The fourth-order valence-corrected chi connectivity index (χ4v) is 2.16. The summed E-state index contributed by atoms with van der Waals surface area (Å²) < 4.78 is 0. The molecule has 0 unspecified atom stereocenters. The van der Waals surface area contributed by atoms with Crippen LogP contribution in [-0.2, 0) is 0 Å². The first-order valence-corrected chi connectivity index (χ1v) is 6.62. The van der Waals surface area contributed by atoms with Crippen LogP contribution in [0.1, 0.15) is 6.42 Å². The van der Waals surface area contributed by atoms with Crippen molar-refractivity contribution in [3.8, 4) is 11.3 Å². The van der Waals surface area contributed by atoms with E-state index >= 15 is 0 Å². The van der Waals surface area contributed by atoms with Gasteiger partial charge in [-0.2, -0.15) is 0 Å². The number of hydrogen-bond acceptors (Lipinski definition) is 4. The van der Waals surface area contributed by atoms with Crippen LogP contribution >= 0.6 is 0 Å². The molecule has 0 bridgehead atoms. The Labute approximate surface area is 116 Å². The molecule has 1 aromatic carbocycles. The molecule has 2 aromatic heterocycles. The Hall–Kier alpha value is -2.40. The molecule has 0 aliphatic heterocycles. The molecule has 0 radical (unpaired) electrons. The first kappa shape index (κ1) is 12.6. The van der Waals surface area contributed by atoms with Crippen LogP contribution in [0.4, 0.5) is 5.69 Å². The Morgan fingerprint density at radius 1 is 1.10 bits per heavy atom. The van der Waals surface area contributed by atoms with Crippen molar-refractivity contribution in [3.63, 3.8) is 0 Å². The zero-order valence-electron chi connectivity index (χ0n) is 11.0. The summed E-state index contributed by atoms with van der Waals surface area (Å²) >= 11 is 0. The number of benzene rings is 1. The van der Waals surface area contributed by atoms with Gasteiger partial charge >= 0.3 is 0 Å². The standard InChI is InChI=1S/C15H16N4O/c20-9-1-7-16-12-4-2-11(3-5-12)14-13-6-8-17-15(13)19-10-18-14/h2-6,8,10,16,20H,1,7,9H2,(H,17,18,19). The number of rotatable bonds is 5. The molecule has 0 spiro atoms. The van der Waals surface area contributed by atoms with Crippen LogP contribution < -0.4 is 5.32 Å². The summed E-state index contributed by atoms with van der Waals surface area (Å²) in [6.07, 6.45) is 4.19. The quantitative estimate of drug-likeness (QED) is 0.621. The van der Waals surface area contributed by atoms with Crippen molar-refractivity contribution in [3.05, 3.63) is 42.9 Å². The van der Waals surface area contributed by atoms with Gasteiger partial charge in [0.25, 0.3) is 0 Å². The van der Waals surface area contributed by atoms with E-state index in [1.165, 1.54) is 0 Å². The van der Waals surface area contributed by atoms with Gasteiger partial charge in [-0.25, -0.2) is 9.97 Å². The lowest BCUT2D eigenvalue weighted by atomic mass is 10.1. The number of nitrogens with one attached hydrogen (secondary N) is 2. The van der Waals surface area contributed by atoms with Gasteiger partial charge in [-0.15, -0.1) is 0 Å². The van der Waals surface area contributed by atoms with E-state index in [1.807, 2.05) is 36.5 Å². The molecule has 20 heavy (non-hydrogen) atoms. The van der Waals surface area contributed by atoms with Gasteiger partial charge in [0.15, 0.2) is 0 Å². The van der Waals surface area contributed by atoms with Crippen LogP contribution in [0.5, 0.6) is 0 Å². The number of aromatic nitrogens is 3. The highest BCUT2D eigenvalue weighted by Gasteiger charge is 2.06. The van der Waals surface area contributed by atoms with Crippen LogP contribution in [0, 0.1) is 0 Å². The Balaban J connectivity index is 1.85. The average Bonchev–Trinajstić information content (AvgIpc) is 2.97. The van der Waals surface area contributed by atoms with Gasteiger partial charge in [-0.1, -0.05) is 12.1 Å². The Morgan fingerprint density at radius 3 is 2.75 bits per heavy atom. The summed E-state index contributed by atoms with van der Waals surface area (Å²) in [5.41, 5.74) is 3.88. The van der Waals surface area contributed by atoms with Crippen LogP contribution in [-0.4, -0.2) is 33.2 Å². The van der Waals surface area contributed by atoms with E-state index < -0.39 is 0 Å². The van der Waals surface area contributed by atoms with E-state index in [0.717, 1.165) is 40.9 Å². The van der Waals surface area contributed by atoms with Gasteiger partial charge in [0, 0.05) is 36.0 Å². The van der Waals surface area contributed by atoms with Gasteiger partial charge in [0.2, 0.25) is 0 Å². The molecule has 0 aliphatic carbocycles. The SMILES string of the molecule is OCCCNc1ccc(-c2ncnc3[nH]ccc23)cc1. The lowest BCUT2D eigenvalue weighted by molar-refractivity contribution is 0.292. The van der Waals surface area contributed by atoms with E-state index in [-0.39, 0.29) is 6.61 Å². The highest BCUT2D eigenvalue weighted by molar-refractivity contribution is 5.90. The number of aromatic amines is 1. The summed E-state index contributed by atoms with van der Waals surface area (Å²) in [4.78, 5) is 11.7. The molecule has 2 heterocycles. The third-order valence-corrected chi connectivity index (χ3v) is 3.18. The van der Waals surface area contributed by atoms with E-state index in [9.17, 15) is 0 Å². The predicted octanol–water partition coefficient (Wildman–Crippen LogP) is 2.42. The summed E-state index contributed by atoms with van der Waals surface area (Å²) in [6, 6.07) is 10.1. The normalized spacial score (nSPS) is 10.8. The van der Waals surface area contributed by atoms with Gasteiger partial charge < -0.3 is 15.4 Å². The van der Waals surface area contributed by atoms with Gasteiger partial charge in [-0.05, 0) is 24.6 Å². The van der Waals surface area contributed by atoms with E-state index in [4.69, 9.17) is 5.11 Å². The fourth-order valence-electron chi connectivity index (χ4n) is 2.16. The van der Waals surface area contributed by atoms with E-state index in [0.29, 0.717) is 0 Å². The molecule has 0 aliphatic rings. The van der Waals surface area contributed by atoms with Crippen molar-refractivity contribution in [2.24, 2.45) is 0 Å². The Bertz CT molecular complexity index is 690. The number of hydrogen-bond donors (Lipinski definition) is 3. The minimum atomic E-state index is 0.206. The average molecular weight is 268 g/mol. The first-order valence-electron chi connectivity index (χ1n) is 6.62. The number of aliphatic hydroxyl groups excluding tert-OH is 1. The maximum Gasteiger partial charge on any atom is 0.141 e. The van der Waals surface area contributed by atoms with Crippen molar-refractivity contribution < 1.29 is 5.11 Å². The lowest BCUT2D eigenvalue weighted by Gasteiger charge is -2.07. The Kier molecular flexibility index (Phi) is 3.60. The Morgan fingerprint density at radius 2 is 1.95 bits per heavy atom. The third kappa shape index (κ3) is 2.48. The van der Waals surface area contributed by atoms with E-state index in [1.54, 1.807) is 6.33 Å². The topological polar surface area (TPSA) is 73.8 Å². The summed E-state index contributed by atoms with van der Waals surface area (Å²) in [7, 11) is 0. The maximum absolute atomic E-state index is 8.76. The molecular formula is C15H16N4O. The lowest BCUT2D eigenvalue weighted by Crippen LogP contribution is -2.03. The molecule has 3 aromatic rings. The van der Waals surface area contributed by atoms with Crippen molar-refractivity contribution in [2.45, 2.75) is 6.42 Å². The van der Waals surface area contributed by atoms with Crippen molar-refractivity contribution in [1.29, 1.82) is 0 Å². The maximum atomic E-state index is 8.76. The molecule has 5 heteroatoms. The second kappa shape index (κ2) is 5.71. The van der Waals surface area contributed by atoms with Gasteiger partial charge in [0.1, 0.15) is 12.0 Å². The molecule has 0 fully saturated rings. The zero-order valence-corrected chi connectivity index (χ0v) is 11.0. The molecule has 0 saturated heterocycles. The molecule has 3 rings (SSSR count). The monoisotopic (exact) mass is 268 g/mol. The number of H-pyrrole nitrogens is 1. The summed E-state index contributed by atoms with van der Waals surface area (Å²) in [6.45, 7) is 0.975. The highest BCUT2D eigenvalue weighted by Crippen LogP contribution is 2.25. The van der Waals surface area contributed by atoms with Crippen LogP contribution in [0.2, 0.25) is 0 Å². The van der Waals surface area contributed by atoms with Crippen LogP contribution in [0.3, 0.4) is 0 Å². The predicted molar refractivity (Wildman–Crippen MR) is 79.5 cm³/mol. The van der Waals surface area contributed by atoms with Gasteiger partial charge in [-0.3, -0.25) is 0 Å². The van der Waals surface area contributed by atoms with Gasteiger partial charge in [0.05, 0.1) is 5.69 Å². The molecule has 0 amide bonds. The molecule has 5 nitrogen and oxygen atoms in total. The molecular weight excluding hydrogens is 252 g/mol. The number of anilines is 1.